The van der Waals surface area contributed by atoms with Gasteiger partial charge in [-0.3, -0.25) is 4.79 Å². The third-order valence-electron chi connectivity index (χ3n) is 6.50. The number of halogens is 1. The lowest BCUT2D eigenvalue weighted by molar-refractivity contribution is -0.104. The molecule has 1 saturated carbocycles. The molecule has 2 rings (SSSR count). The predicted molar refractivity (Wildman–Crippen MR) is 131 cm³/mol. The normalized spacial score (nSPS) is 19.0. The summed E-state index contributed by atoms with van der Waals surface area (Å²) in [6.07, 6.45) is 13.3. The van der Waals surface area contributed by atoms with E-state index in [0.717, 1.165) is 54.9 Å². The summed E-state index contributed by atoms with van der Waals surface area (Å²) in [7, 11) is 1.71. The summed E-state index contributed by atoms with van der Waals surface area (Å²) in [5.74, 6) is 1.77. The summed E-state index contributed by atoms with van der Waals surface area (Å²) < 4.78 is 19.5. The summed E-state index contributed by atoms with van der Waals surface area (Å²) in [6.45, 7) is 8.04. The number of aldehydes is 1. The van der Waals surface area contributed by atoms with E-state index in [1.807, 2.05) is 6.07 Å². The van der Waals surface area contributed by atoms with E-state index in [0.29, 0.717) is 12.2 Å². The van der Waals surface area contributed by atoms with Crippen molar-refractivity contribution >= 4 is 6.29 Å². The van der Waals surface area contributed by atoms with Gasteiger partial charge in [0, 0.05) is 19.6 Å². The van der Waals surface area contributed by atoms with Crippen molar-refractivity contribution < 1.29 is 19.0 Å². The summed E-state index contributed by atoms with van der Waals surface area (Å²) in [5.41, 5.74) is 2.60. The molecule has 0 heterocycles. The van der Waals surface area contributed by atoms with Gasteiger partial charge in [-0.15, -0.1) is 0 Å². The molecule has 4 heteroatoms. The lowest BCUT2D eigenvalue weighted by Gasteiger charge is -2.30. The monoisotopic (exact) mass is 448 g/mol. The topological polar surface area (TPSA) is 46.5 Å². The fourth-order valence-electron chi connectivity index (χ4n) is 4.54. The fraction of sp³-hybridized carbons (Fsp3) is 0.679. The zero-order valence-electron chi connectivity index (χ0n) is 20.6. The maximum absolute atomic E-state index is 14.3. The molecule has 0 radical (unpaired) electrons. The highest BCUT2D eigenvalue weighted by atomic mass is 19.1. The maximum atomic E-state index is 14.3. The van der Waals surface area contributed by atoms with E-state index in [1.165, 1.54) is 44.9 Å². The van der Waals surface area contributed by atoms with Crippen molar-refractivity contribution in [1.82, 2.24) is 0 Å². The van der Waals surface area contributed by atoms with Crippen LogP contribution in [0.2, 0.25) is 0 Å². The SMILES string of the molecule is C=C(C)C=O.CCCCCc1ccc(CCC2CCC(CC(CO)COC)CC2)cc1F. The van der Waals surface area contributed by atoms with Crippen molar-refractivity contribution in [2.75, 3.05) is 20.3 Å². The first-order valence-electron chi connectivity index (χ1n) is 12.4. The number of ether oxygens (including phenoxy) is 1. The van der Waals surface area contributed by atoms with Crippen LogP contribution in [0.15, 0.2) is 30.4 Å². The Kier molecular flexibility index (Phi) is 15.2. The molecule has 1 unspecified atom stereocenters. The van der Waals surface area contributed by atoms with Gasteiger partial charge in [-0.1, -0.05) is 64.2 Å². The van der Waals surface area contributed by atoms with Crippen molar-refractivity contribution in [3.63, 3.8) is 0 Å². The number of hydrogen-bond acceptors (Lipinski definition) is 3. The molecule has 1 aliphatic rings. The third-order valence-corrected chi connectivity index (χ3v) is 6.50. The lowest BCUT2D eigenvalue weighted by Crippen LogP contribution is -2.21. The minimum absolute atomic E-state index is 0.0134. The molecule has 0 saturated heterocycles. The van der Waals surface area contributed by atoms with Gasteiger partial charge in [0.25, 0.3) is 0 Å². The molecular weight excluding hydrogens is 403 g/mol. The van der Waals surface area contributed by atoms with E-state index in [-0.39, 0.29) is 18.3 Å². The molecule has 0 bridgehead atoms. The second-order valence-electron chi connectivity index (χ2n) is 9.51. The van der Waals surface area contributed by atoms with Gasteiger partial charge in [0.2, 0.25) is 0 Å². The second kappa shape index (κ2) is 17.0. The minimum atomic E-state index is -0.0134. The maximum Gasteiger partial charge on any atom is 0.145 e. The number of hydrogen-bond donors (Lipinski definition) is 1. The van der Waals surface area contributed by atoms with Crippen LogP contribution in [-0.2, 0) is 22.4 Å². The quantitative estimate of drug-likeness (QED) is 0.207. The number of carbonyl (C=O) groups is 1. The molecule has 182 valence electrons. The zero-order chi connectivity index (χ0) is 23.8. The Balaban J connectivity index is 0.000000920. The number of aliphatic hydroxyl groups is 1. The van der Waals surface area contributed by atoms with Crippen LogP contribution in [0.4, 0.5) is 4.39 Å². The highest BCUT2D eigenvalue weighted by Crippen LogP contribution is 2.35. The largest absolute Gasteiger partial charge is 0.396 e. The smallest absolute Gasteiger partial charge is 0.145 e. The Labute approximate surface area is 195 Å². The number of unbranched alkanes of at least 4 members (excludes halogenated alkanes) is 2. The average Bonchev–Trinajstić information content (AvgIpc) is 2.80. The highest BCUT2D eigenvalue weighted by Gasteiger charge is 2.23. The number of benzene rings is 1. The molecule has 3 nitrogen and oxygen atoms in total. The first-order valence-corrected chi connectivity index (χ1v) is 12.4. The first-order chi connectivity index (χ1) is 15.4. The summed E-state index contributed by atoms with van der Waals surface area (Å²) in [4.78, 5) is 9.41. The van der Waals surface area contributed by atoms with Crippen molar-refractivity contribution in [3.05, 3.63) is 47.3 Å². The number of aliphatic hydroxyl groups excluding tert-OH is 1. The van der Waals surface area contributed by atoms with Gasteiger partial charge in [0.15, 0.2) is 0 Å². The van der Waals surface area contributed by atoms with E-state index in [9.17, 15) is 14.3 Å². The first kappa shape index (κ1) is 28.5. The number of rotatable bonds is 13. The summed E-state index contributed by atoms with van der Waals surface area (Å²) in [6, 6.07) is 5.90. The lowest BCUT2D eigenvalue weighted by atomic mass is 9.76. The number of allylic oxidation sites excluding steroid dienone is 1. The van der Waals surface area contributed by atoms with Crippen molar-refractivity contribution in [2.45, 2.75) is 84.5 Å². The molecular formula is C28H45FO3. The van der Waals surface area contributed by atoms with Crippen molar-refractivity contribution in [2.24, 2.45) is 17.8 Å². The molecule has 1 N–H and O–H groups in total. The van der Waals surface area contributed by atoms with E-state index in [4.69, 9.17) is 4.74 Å². The summed E-state index contributed by atoms with van der Waals surface area (Å²) >= 11 is 0. The van der Waals surface area contributed by atoms with E-state index in [2.05, 4.69) is 19.6 Å². The summed E-state index contributed by atoms with van der Waals surface area (Å²) in [5, 5.41) is 9.44. The molecule has 32 heavy (non-hydrogen) atoms. The van der Waals surface area contributed by atoms with Gasteiger partial charge in [0.1, 0.15) is 12.1 Å². The van der Waals surface area contributed by atoms with Crippen LogP contribution in [0.5, 0.6) is 0 Å². The Morgan fingerprint density at radius 1 is 1.22 bits per heavy atom. The molecule has 0 aliphatic heterocycles. The highest BCUT2D eigenvalue weighted by molar-refractivity contribution is 5.70. The van der Waals surface area contributed by atoms with Gasteiger partial charge in [-0.25, -0.2) is 4.39 Å². The standard InChI is InChI=1S/C24H39FO2.C4H6O/c1-3-4-5-6-23-14-13-21(16-24(23)25)12-9-19-7-10-20(11-8-19)15-22(17-26)18-27-2;1-4(2)3-5/h13-14,16,19-20,22,26H,3-12,15,17-18H2,1-2H3;3H,1H2,2H3. The van der Waals surface area contributed by atoms with Crippen LogP contribution in [0.25, 0.3) is 0 Å². The van der Waals surface area contributed by atoms with Gasteiger partial charge < -0.3 is 9.84 Å². The zero-order valence-corrected chi connectivity index (χ0v) is 20.6. The average molecular weight is 449 g/mol. The van der Waals surface area contributed by atoms with Crippen LogP contribution in [0.3, 0.4) is 0 Å². The third kappa shape index (κ3) is 11.9. The molecule has 1 atom stereocenters. The molecule has 1 aromatic carbocycles. The number of aryl methyl sites for hydroxylation is 2. The van der Waals surface area contributed by atoms with Crippen LogP contribution in [0.1, 0.15) is 82.8 Å². The number of methoxy groups -OCH3 is 1. The van der Waals surface area contributed by atoms with E-state index >= 15 is 0 Å². The Bertz CT molecular complexity index is 650. The van der Waals surface area contributed by atoms with Crippen LogP contribution in [-0.4, -0.2) is 31.7 Å². The van der Waals surface area contributed by atoms with E-state index in [1.54, 1.807) is 20.1 Å². The van der Waals surface area contributed by atoms with Gasteiger partial charge >= 0.3 is 0 Å². The second-order valence-corrected chi connectivity index (χ2v) is 9.51. The molecule has 1 aliphatic carbocycles. The Morgan fingerprint density at radius 2 is 1.88 bits per heavy atom. The van der Waals surface area contributed by atoms with Gasteiger partial charge in [0.05, 0.1) is 6.61 Å². The molecule has 0 amide bonds. The molecule has 0 aromatic heterocycles. The van der Waals surface area contributed by atoms with Crippen molar-refractivity contribution in [1.29, 1.82) is 0 Å². The van der Waals surface area contributed by atoms with Gasteiger partial charge in [-0.2, -0.15) is 0 Å². The van der Waals surface area contributed by atoms with Crippen LogP contribution in [0, 0.1) is 23.6 Å². The molecule has 1 fully saturated rings. The van der Waals surface area contributed by atoms with Crippen LogP contribution >= 0.6 is 0 Å². The Morgan fingerprint density at radius 3 is 2.41 bits per heavy atom. The van der Waals surface area contributed by atoms with Gasteiger partial charge in [-0.05, 0) is 73.6 Å². The van der Waals surface area contributed by atoms with E-state index < -0.39 is 0 Å². The molecule has 0 spiro atoms. The van der Waals surface area contributed by atoms with Crippen LogP contribution < -0.4 is 0 Å². The fourth-order valence-corrected chi connectivity index (χ4v) is 4.54. The predicted octanol–water partition coefficient (Wildman–Crippen LogP) is 6.70. The van der Waals surface area contributed by atoms with Crippen molar-refractivity contribution in [3.8, 4) is 0 Å². The molecule has 1 aromatic rings. The minimum Gasteiger partial charge on any atom is -0.396 e. The number of carbonyl (C=O) groups excluding carboxylic acids is 1. The Hall–Kier alpha value is -1.52.